The van der Waals surface area contributed by atoms with Crippen LogP contribution in [0.25, 0.3) is 0 Å². The van der Waals surface area contributed by atoms with Gasteiger partial charge in [0.05, 0.1) is 0 Å². The Morgan fingerprint density at radius 2 is 1.56 bits per heavy atom. The molecule has 1 aliphatic rings. The number of hydrogen-bond acceptors (Lipinski definition) is 4. The first kappa shape index (κ1) is 15.5. The fraction of sp³-hybridized carbons (Fsp3) is 0.444. The zero-order chi connectivity index (χ0) is 12.3. The van der Waals surface area contributed by atoms with Gasteiger partial charge in [-0.15, -0.1) is 0 Å². The number of aromatic nitrogens is 1. The summed E-state index contributed by atoms with van der Waals surface area (Å²) in [4.78, 5) is 3.78. The summed E-state index contributed by atoms with van der Waals surface area (Å²) in [5.41, 5.74) is 0. The van der Waals surface area contributed by atoms with Gasteiger partial charge < -0.3 is 4.74 Å². The van der Waals surface area contributed by atoms with Gasteiger partial charge >= 0.3 is 34.2 Å². The summed E-state index contributed by atoms with van der Waals surface area (Å²) in [6, 6.07) is 5.72. The van der Waals surface area contributed by atoms with Crippen molar-refractivity contribution in [1.29, 1.82) is 0 Å². The van der Waals surface area contributed by atoms with Crippen LogP contribution in [0, 0.1) is 0 Å². The van der Waals surface area contributed by atoms with Gasteiger partial charge in [0, 0.05) is 25.6 Å². The predicted molar refractivity (Wildman–Crippen MR) is 53.7 cm³/mol. The van der Waals surface area contributed by atoms with E-state index in [0.717, 1.165) is 13.2 Å². The maximum absolute atomic E-state index is 9.03. The molecule has 0 saturated carbocycles. The Morgan fingerprint density at radius 1 is 1.12 bits per heavy atom. The molecular formula is C9H14ClCrNO4. The first-order chi connectivity index (χ1) is 7.50. The molecule has 0 aromatic carbocycles. The van der Waals surface area contributed by atoms with Crippen LogP contribution in [0.2, 0.25) is 0 Å². The van der Waals surface area contributed by atoms with Crippen molar-refractivity contribution in [3.63, 3.8) is 0 Å². The molecule has 1 aromatic heterocycles. The normalized spacial score (nSPS) is 14.1. The fourth-order valence-electron chi connectivity index (χ4n) is 0.823. The smallest absolute Gasteiger partial charge is 0.0267 e. The molecule has 0 bridgehead atoms. The van der Waals surface area contributed by atoms with Gasteiger partial charge in [-0.25, -0.2) is 0 Å². The van der Waals surface area contributed by atoms with E-state index in [1.165, 1.54) is 12.8 Å². The van der Waals surface area contributed by atoms with E-state index >= 15 is 0 Å². The van der Waals surface area contributed by atoms with Crippen molar-refractivity contribution < 1.29 is 28.9 Å². The maximum atomic E-state index is 9.03. The van der Waals surface area contributed by atoms with Gasteiger partial charge in [0.1, 0.15) is 0 Å². The molecule has 2 heterocycles. The van der Waals surface area contributed by atoms with E-state index in [1.54, 1.807) is 12.4 Å². The molecule has 0 radical (unpaired) electrons. The SMILES string of the molecule is C1CCOC1.[O]=[Cr](=[O])([OH])[Cl].c1ccncc1. The van der Waals surface area contributed by atoms with Crippen LogP contribution in [0.5, 0.6) is 0 Å². The predicted octanol–water partition coefficient (Wildman–Crippen LogP) is 1.77. The van der Waals surface area contributed by atoms with Crippen LogP contribution in [0.3, 0.4) is 0 Å². The Balaban J connectivity index is 0.000000213. The van der Waals surface area contributed by atoms with Crippen LogP contribution >= 0.6 is 10.0 Å². The third-order valence-electron chi connectivity index (χ3n) is 1.39. The van der Waals surface area contributed by atoms with E-state index in [2.05, 4.69) is 15.0 Å². The standard InChI is InChI=1S/C5H5N.C4H8O.ClH.Cr.H2O.2O/c1-2-4-6-5-3-1;1-2-4-5-3-1;;;;;/h1-5H;1-4H2;1H;;1H2;;/q;;;+2;;;/p-2. The molecule has 7 heteroatoms. The van der Waals surface area contributed by atoms with Crippen LogP contribution in [0.4, 0.5) is 0 Å². The third kappa shape index (κ3) is 19.1. The molecule has 16 heavy (non-hydrogen) atoms. The van der Waals surface area contributed by atoms with Crippen molar-refractivity contribution in [1.82, 2.24) is 4.98 Å². The topological polar surface area (TPSA) is 76.5 Å². The third-order valence-corrected chi connectivity index (χ3v) is 1.39. The number of rotatable bonds is 0. The van der Waals surface area contributed by atoms with Crippen LogP contribution in [-0.4, -0.2) is 22.4 Å². The first-order valence-electron chi connectivity index (χ1n) is 4.60. The van der Waals surface area contributed by atoms with Gasteiger partial charge in [-0.05, 0) is 25.0 Å². The molecule has 0 unspecified atom stereocenters. The summed E-state index contributed by atoms with van der Waals surface area (Å²) in [5.74, 6) is 0. The van der Waals surface area contributed by atoms with E-state index in [-0.39, 0.29) is 0 Å². The minimum atomic E-state index is -4.78. The van der Waals surface area contributed by atoms with Crippen LogP contribution < -0.4 is 0 Å². The van der Waals surface area contributed by atoms with Crippen molar-refractivity contribution in [3.8, 4) is 0 Å². The zero-order valence-electron chi connectivity index (χ0n) is 8.62. The van der Waals surface area contributed by atoms with Gasteiger partial charge in [-0.1, -0.05) is 6.07 Å². The molecule has 0 spiro atoms. The summed E-state index contributed by atoms with van der Waals surface area (Å²) in [7, 11) is 4.13. The van der Waals surface area contributed by atoms with Crippen molar-refractivity contribution in [3.05, 3.63) is 30.6 Å². The minimum Gasteiger partial charge on any atom is -0.265 e. The van der Waals surface area contributed by atoms with Gasteiger partial charge in [0.2, 0.25) is 0 Å². The van der Waals surface area contributed by atoms with E-state index in [4.69, 9.17) is 16.5 Å². The molecule has 1 fully saturated rings. The molecule has 1 N–H and O–H groups in total. The van der Waals surface area contributed by atoms with Crippen LogP contribution in [-0.2, 0) is 24.7 Å². The number of pyridine rings is 1. The minimum absolute atomic E-state index is 1.00. The molecule has 1 aliphatic heterocycles. The fourth-order valence-corrected chi connectivity index (χ4v) is 0.823. The molecule has 1 aromatic rings. The summed E-state index contributed by atoms with van der Waals surface area (Å²) in [6.45, 7) is 2.00. The van der Waals surface area contributed by atoms with E-state index < -0.39 is 12.4 Å². The molecule has 0 aliphatic carbocycles. The average molecular weight is 288 g/mol. The van der Waals surface area contributed by atoms with Crippen LogP contribution in [0.1, 0.15) is 12.8 Å². The summed E-state index contributed by atoms with van der Waals surface area (Å²) in [5, 5.41) is 0. The van der Waals surface area contributed by atoms with E-state index in [0.29, 0.717) is 0 Å². The molecular weight excluding hydrogens is 274 g/mol. The van der Waals surface area contributed by atoms with Crippen molar-refractivity contribution in [2.45, 2.75) is 12.8 Å². The Kier molecular flexibility index (Phi) is 9.39. The van der Waals surface area contributed by atoms with Gasteiger partial charge in [0.25, 0.3) is 0 Å². The average Bonchev–Trinajstić information content (AvgIpc) is 2.75. The van der Waals surface area contributed by atoms with Crippen molar-refractivity contribution in [2.24, 2.45) is 0 Å². The molecule has 0 atom stereocenters. The summed E-state index contributed by atoms with van der Waals surface area (Å²) < 4.78 is 30.3. The maximum Gasteiger partial charge on any atom is 0.0267 e. The Bertz CT molecular complexity index is 297. The molecule has 5 nitrogen and oxygen atoms in total. The second-order valence-corrected chi connectivity index (χ2v) is 5.65. The monoisotopic (exact) mass is 287 g/mol. The Hall–Kier alpha value is -0.508. The zero-order valence-corrected chi connectivity index (χ0v) is 10.7. The van der Waals surface area contributed by atoms with E-state index in [9.17, 15) is 0 Å². The van der Waals surface area contributed by atoms with Gasteiger partial charge in [0.15, 0.2) is 0 Å². The van der Waals surface area contributed by atoms with Crippen LogP contribution in [0.15, 0.2) is 30.6 Å². The van der Waals surface area contributed by atoms with Gasteiger partial charge in [-0.2, -0.15) is 0 Å². The molecule has 2 rings (SSSR count). The largest absolute Gasteiger partial charge is 0.265 e. The molecule has 0 amide bonds. The quantitative estimate of drug-likeness (QED) is 0.787. The Labute approximate surface area is 101 Å². The number of ether oxygens (including phenoxy) is 1. The Morgan fingerprint density at radius 3 is 1.69 bits per heavy atom. The number of hydrogen-bond donors (Lipinski definition) is 1. The van der Waals surface area contributed by atoms with Crippen molar-refractivity contribution >= 4 is 10.0 Å². The number of halogens is 1. The molecule has 92 valence electrons. The first-order valence-corrected chi connectivity index (χ1v) is 7.96. The van der Waals surface area contributed by atoms with Crippen molar-refractivity contribution in [2.75, 3.05) is 13.2 Å². The molecule has 1 saturated heterocycles. The number of nitrogens with zero attached hydrogens (tertiary/aromatic N) is 1. The summed E-state index contributed by atoms with van der Waals surface area (Å²) in [6.07, 6.45) is 6.06. The van der Waals surface area contributed by atoms with E-state index in [1.807, 2.05) is 18.2 Å². The second-order valence-electron chi connectivity index (χ2n) is 2.76. The summed E-state index contributed by atoms with van der Waals surface area (Å²) >= 11 is -4.78. The second kappa shape index (κ2) is 9.70. The van der Waals surface area contributed by atoms with Gasteiger partial charge in [-0.3, -0.25) is 4.98 Å².